The summed E-state index contributed by atoms with van der Waals surface area (Å²) in [5, 5.41) is 10.4. The zero-order valence-corrected chi connectivity index (χ0v) is 22.9. The van der Waals surface area contributed by atoms with Crippen molar-refractivity contribution < 1.29 is 5.11 Å². The maximum absolute atomic E-state index is 10.4. The van der Waals surface area contributed by atoms with E-state index in [9.17, 15) is 5.11 Å². The minimum absolute atomic E-state index is 0.268. The number of hydrogen-bond donors (Lipinski definition) is 1. The van der Waals surface area contributed by atoms with Gasteiger partial charge in [-0.2, -0.15) is 0 Å². The number of phenolic OH excluding ortho intramolecular Hbond substituents is 1. The van der Waals surface area contributed by atoms with Crippen LogP contribution in [0.4, 0.5) is 11.4 Å². The Morgan fingerprint density at radius 1 is 0.667 bits per heavy atom. The van der Waals surface area contributed by atoms with Crippen LogP contribution in [0.2, 0.25) is 0 Å². The topological polar surface area (TPSA) is 44.5 Å². The molecule has 5 heteroatoms. The fraction of sp³-hybridized carbons (Fsp3) is 0.206. The van der Waals surface area contributed by atoms with Gasteiger partial charge >= 0.3 is 0 Å². The highest BCUT2D eigenvalue weighted by molar-refractivity contribution is 5.94. The van der Waals surface area contributed by atoms with Gasteiger partial charge in [0, 0.05) is 18.0 Å². The minimum atomic E-state index is 0.268. The molecule has 0 unspecified atom stereocenters. The van der Waals surface area contributed by atoms with Crippen LogP contribution in [-0.4, -0.2) is 21.3 Å². The third kappa shape index (κ3) is 4.34. The Balaban J connectivity index is 1.57. The van der Waals surface area contributed by atoms with Gasteiger partial charge in [-0.1, -0.05) is 94.4 Å². The van der Waals surface area contributed by atoms with Gasteiger partial charge in [0.2, 0.25) is 0 Å². The first-order valence-corrected chi connectivity index (χ1v) is 13.6. The third-order valence-electron chi connectivity index (χ3n) is 7.49. The zero-order valence-electron chi connectivity index (χ0n) is 22.9. The lowest BCUT2D eigenvalue weighted by atomic mass is 9.92. The number of para-hydroxylation sites is 4. The Hall–Kier alpha value is -4.51. The van der Waals surface area contributed by atoms with Crippen LogP contribution in [0, 0.1) is 0 Å². The lowest BCUT2D eigenvalue weighted by Gasteiger charge is -2.23. The van der Waals surface area contributed by atoms with Crippen molar-refractivity contribution in [3.63, 3.8) is 0 Å². The molecule has 4 aromatic carbocycles. The summed E-state index contributed by atoms with van der Waals surface area (Å²) < 4.78 is 2.37. The summed E-state index contributed by atoms with van der Waals surface area (Å²) in [5.41, 5.74) is 8.79. The molecule has 1 aliphatic rings. The molecular weight excluding hydrogens is 480 g/mol. The Morgan fingerprint density at radius 2 is 1.26 bits per heavy atom. The predicted octanol–water partition coefficient (Wildman–Crippen LogP) is 8.40. The number of benzene rings is 4. The first-order valence-electron chi connectivity index (χ1n) is 13.6. The van der Waals surface area contributed by atoms with Crippen molar-refractivity contribution >= 4 is 22.4 Å². The number of nitrogens with zero attached hydrogens (tertiary/aromatic N) is 4. The quantitative estimate of drug-likeness (QED) is 0.247. The van der Waals surface area contributed by atoms with Crippen LogP contribution in [0.5, 0.6) is 5.75 Å². The van der Waals surface area contributed by atoms with E-state index in [2.05, 4.69) is 104 Å². The molecule has 39 heavy (non-hydrogen) atoms. The van der Waals surface area contributed by atoms with Gasteiger partial charge in [0.1, 0.15) is 17.1 Å². The van der Waals surface area contributed by atoms with Gasteiger partial charge in [0.05, 0.1) is 29.2 Å². The second kappa shape index (κ2) is 9.99. The molecule has 2 heterocycles. The van der Waals surface area contributed by atoms with E-state index in [1.54, 1.807) is 6.07 Å². The first-order chi connectivity index (χ1) is 18.9. The van der Waals surface area contributed by atoms with Gasteiger partial charge in [0.15, 0.2) is 0 Å². The number of aromatic nitrogens is 2. The molecule has 6 rings (SSSR count). The molecule has 0 saturated heterocycles. The van der Waals surface area contributed by atoms with E-state index >= 15 is 0 Å². The highest BCUT2D eigenvalue weighted by atomic mass is 16.3. The number of anilines is 2. The average molecular weight is 515 g/mol. The van der Waals surface area contributed by atoms with Crippen LogP contribution in [-0.2, 0) is 0 Å². The molecule has 0 saturated carbocycles. The van der Waals surface area contributed by atoms with Crippen LogP contribution >= 0.6 is 0 Å². The summed E-state index contributed by atoms with van der Waals surface area (Å²) in [5.74, 6) is 1.92. The van der Waals surface area contributed by atoms with Gasteiger partial charge in [0.25, 0.3) is 0 Å². The summed E-state index contributed by atoms with van der Waals surface area (Å²) in [7, 11) is 0. The van der Waals surface area contributed by atoms with Gasteiger partial charge in [-0.25, -0.2) is 4.98 Å². The molecule has 1 aliphatic heterocycles. The van der Waals surface area contributed by atoms with Crippen LogP contribution < -0.4 is 9.80 Å². The molecule has 0 atom stereocenters. The molecule has 5 aromatic rings. The van der Waals surface area contributed by atoms with E-state index in [-0.39, 0.29) is 5.75 Å². The molecule has 1 aromatic heterocycles. The average Bonchev–Trinajstić information content (AvgIpc) is 3.58. The molecule has 196 valence electrons. The Kier molecular flexibility index (Phi) is 6.35. The molecule has 0 spiro atoms. The molecule has 0 radical (unpaired) electrons. The van der Waals surface area contributed by atoms with Gasteiger partial charge < -0.3 is 14.9 Å². The third-order valence-corrected chi connectivity index (χ3v) is 7.49. The first kappa shape index (κ1) is 24.8. The van der Waals surface area contributed by atoms with E-state index in [0.29, 0.717) is 18.5 Å². The lowest BCUT2D eigenvalue weighted by Crippen LogP contribution is -2.24. The van der Waals surface area contributed by atoms with E-state index < -0.39 is 0 Å². The van der Waals surface area contributed by atoms with Crippen LogP contribution in [0.1, 0.15) is 50.7 Å². The molecule has 0 bridgehead atoms. The smallest absolute Gasteiger partial charge is 0.145 e. The second-order valence-corrected chi connectivity index (χ2v) is 10.7. The van der Waals surface area contributed by atoms with Crippen molar-refractivity contribution in [2.45, 2.75) is 39.5 Å². The van der Waals surface area contributed by atoms with E-state index in [4.69, 9.17) is 4.98 Å². The normalized spacial score (nSPS) is 13.4. The zero-order chi connectivity index (χ0) is 27.1. The molecule has 0 aliphatic carbocycles. The second-order valence-electron chi connectivity index (χ2n) is 10.7. The molecule has 0 fully saturated rings. The van der Waals surface area contributed by atoms with Gasteiger partial charge in [-0.05, 0) is 47.2 Å². The number of aromatic hydroxyl groups is 1. The van der Waals surface area contributed by atoms with Crippen LogP contribution in [0.15, 0.2) is 103 Å². The van der Waals surface area contributed by atoms with Gasteiger partial charge in [-0.3, -0.25) is 4.57 Å². The summed E-state index contributed by atoms with van der Waals surface area (Å²) in [6, 6.07) is 31.0. The summed E-state index contributed by atoms with van der Waals surface area (Å²) >= 11 is 0. The molecule has 5 nitrogen and oxygen atoms in total. The van der Waals surface area contributed by atoms with Crippen molar-refractivity contribution in [1.29, 1.82) is 0 Å². The fourth-order valence-corrected chi connectivity index (χ4v) is 5.53. The number of imidazole rings is 1. The maximum Gasteiger partial charge on any atom is 0.145 e. The summed E-state index contributed by atoms with van der Waals surface area (Å²) in [6.45, 7) is 9.64. The minimum Gasteiger partial charge on any atom is -0.506 e. The highest BCUT2D eigenvalue weighted by Crippen LogP contribution is 2.40. The lowest BCUT2D eigenvalue weighted by molar-refractivity contribution is 0.475. The molecular formula is C34H34N4O. The highest BCUT2D eigenvalue weighted by Gasteiger charge is 2.25. The molecule has 1 N–H and O–H groups in total. The van der Waals surface area contributed by atoms with E-state index in [0.717, 1.165) is 33.8 Å². The number of phenols is 1. The van der Waals surface area contributed by atoms with Crippen molar-refractivity contribution in [2.24, 2.45) is 0 Å². The Bertz CT molecular complexity index is 1640. The number of rotatable bonds is 6. The monoisotopic (exact) mass is 514 g/mol. The van der Waals surface area contributed by atoms with E-state index in [1.807, 2.05) is 35.4 Å². The van der Waals surface area contributed by atoms with Crippen molar-refractivity contribution in [1.82, 2.24) is 9.55 Å². The number of hydrogen-bond acceptors (Lipinski definition) is 4. The fourth-order valence-electron chi connectivity index (χ4n) is 5.53. The van der Waals surface area contributed by atoms with Crippen LogP contribution in [0.3, 0.4) is 0 Å². The largest absolute Gasteiger partial charge is 0.506 e. The predicted molar refractivity (Wildman–Crippen MR) is 162 cm³/mol. The summed E-state index contributed by atoms with van der Waals surface area (Å²) in [4.78, 5) is 9.58. The van der Waals surface area contributed by atoms with E-state index in [1.165, 1.54) is 16.8 Å². The van der Waals surface area contributed by atoms with Crippen molar-refractivity contribution in [3.05, 3.63) is 115 Å². The van der Waals surface area contributed by atoms with Crippen molar-refractivity contribution in [3.8, 4) is 22.8 Å². The SMILES string of the molecule is CC(C)c1cccc(C(C)C)c1-n1c(-c2ccccc2)nc2c(N3C=CN(c4ccccc4O)C3)cccc21. The standard InChI is InChI=1S/C34H34N4O/c1-23(2)26-14-10-15-27(24(3)4)33(26)38-30-18-11-17-29(32(30)35-34(38)25-12-6-5-7-13-25)37-21-20-36(22-37)28-16-8-9-19-31(28)39/h5-21,23-24,39H,22H2,1-4H3. The Morgan fingerprint density at radius 3 is 1.92 bits per heavy atom. The number of fused-ring (bicyclic) bond motifs is 1. The van der Waals surface area contributed by atoms with Gasteiger partial charge in [-0.15, -0.1) is 0 Å². The van der Waals surface area contributed by atoms with Crippen molar-refractivity contribution in [2.75, 3.05) is 16.5 Å². The maximum atomic E-state index is 10.4. The van der Waals surface area contributed by atoms with Crippen LogP contribution in [0.25, 0.3) is 28.1 Å². The summed E-state index contributed by atoms with van der Waals surface area (Å²) in [6.07, 6.45) is 4.07. The Labute approximate surface area is 230 Å². The molecule has 0 amide bonds.